The Morgan fingerprint density at radius 3 is 2.35 bits per heavy atom. The van der Waals surface area contributed by atoms with Gasteiger partial charge in [0.15, 0.2) is 0 Å². The van der Waals surface area contributed by atoms with Gasteiger partial charge >= 0.3 is 0 Å². The molecule has 1 heterocycles. The number of furan rings is 1. The fraction of sp³-hybridized carbons (Fsp3) is 0.333. The summed E-state index contributed by atoms with van der Waals surface area (Å²) in [4.78, 5) is 0. The second-order valence-electron chi connectivity index (χ2n) is 4.43. The first-order valence-electron chi connectivity index (χ1n) is 6.52. The molecule has 0 saturated heterocycles. The smallest absolute Gasteiger partial charge is 0.134 e. The van der Waals surface area contributed by atoms with Gasteiger partial charge in [-0.1, -0.05) is 13.8 Å². The maximum atomic E-state index is 14.0. The molecule has 2 aromatic rings. The van der Waals surface area contributed by atoms with Crippen molar-refractivity contribution in [1.82, 2.24) is 5.32 Å². The van der Waals surface area contributed by atoms with Gasteiger partial charge < -0.3 is 9.73 Å². The summed E-state index contributed by atoms with van der Waals surface area (Å²) in [5, 5.41) is 3.01. The Kier molecular flexibility index (Phi) is 4.49. The van der Waals surface area contributed by atoms with E-state index in [1.165, 1.54) is 6.26 Å². The molecule has 5 heteroatoms. The molecule has 20 heavy (non-hydrogen) atoms. The van der Waals surface area contributed by atoms with Gasteiger partial charge in [-0.25, -0.2) is 13.2 Å². The first kappa shape index (κ1) is 14.7. The van der Waals surface area contributed by atoms with Crippen LogP contribution >= 0.6 is 0 Å². The zero-order chi connectivity index (χ0) is 14.7. The molecule has 0 aliphatic heterocycles. The van der Waals surface area contributed by atoms with Crippen molar-refractivity contribution in [3.05, 3.63) is 58.8 Å². The van der Waals surface area contributed by atoms with Gasteiger partial charge in [0.1, 0.15) is 23.2 Å². The molecule has 1 unspecified atom stereocenters. The fourth-order valence-corrected chi connectivity index (χ4v) is 2.30. The van der Waals surface area contributed by atoms with Crippen LogP contribution in [0.1, 0.15) is 36.8 Å². The molecular weight excluding hydrogens is 267 g/mol. The van der Waals surface area contributed by atoms with Crippen molar-refractivity contribution in [3.63, 3.8) is 0 Å². The lowest BCUT2D eigenvalue weighted by atomic mass is 9.97. The summed E-state index contributed by atoms with van der Waals surface area (Å²) < 4.78 is 46.3. The number of halogens is 3. The molecule has 0 bridgehead atoms. The summed E-state index contributed by atoms with van der Waals surface area (Å²) >= 11 is 0. The molecule has 1 aromatic carbocycles. The third-order valence-electron chi connectivity index (χ3n) is 3.15. The van der Waals surface area contributed by atoms with Gasteiger partial charge in [0.05, 0.1) is 12.3 Å². The maximum Gasteiger partial charge on any atom is 0.134 e. The van der Waals surface area contributed by atoms with E-state index in [-0.39, 0.29) is 5.56 Å². The van der Waals surface area contributed by atoms with Crippen LogP contribution in [0.5, 0.6) is 0 Å². The van der Waals surface area contributed by atoms with E-state index in [2.05, 4.69) is 5.32 Å². The van der Waals surface area contributed by atoms with Crippen molar-refractivity contribution < 1.29 is 17.6 Å². The van der Waals surface area contributed by atoms with Crippen LogP contribution in [0.2, 0.25) is 0 Å². The van der Waals surface area contributed by atoms with Gasteiger partial charge in [-0.05, 0) is 12.6 Å². The van der Waals surface area contributed by atoms with E-state index in [9.17, 15) is 13.2 Å². The minimum atomic E-state index is -0.929. The first-order valence-corrected chi connectivity index (χ1v) is 6.52. The number of benzene rings is 1. The molecule has 1 atom stereocenters. The number of rotatable bonds is 5. The molecule has 108 valence electrons. The van der Waals surface area contributed by atoms with E-state index in [0.29, 0.717) is 36.4 Å². The van der Waals surface area contributed by atoms with Crippen molar-refractivity contribution in [1.29, 1.82) is 0 Å². The Bertz CT molecular complexity index is 572. The van der Waals surface area contributed by atoms with E-state index >= 15 is 0 Å². The average Bonchev–Trinajstić information content (AvgIpc) is 2.84. The Labute approximate surface area is 115 Å². The summed E-state index contributed by atoms with van der Waals surface area (Å²) in [6.45, 7) is 4.23. The van der Waals surface area contributed by atoms with E-state index in [1.807, 2.05) is 13.8 Å². The van der Waals surface area contributed by atoms with Crippen LogP contribution in [0, 0.1) is 17.5 Å². The number of hydrogen-bond donors (Lipinski definition) is 1. The molecule has 0 radical (unpaired) electrons. The van der Waals surface area contributed by atoms with Gasteiger partial charge in [-0.15, -0.1) is 0 Å². The van der Waals surface area contributed by atoms with Crippen LogP contribution in [-0.4, -0.2) is 6.54 Å². The van der Waals surface area contributed by atoms with Gasteiger partial charge in [-0.3, -0.25) is 0 Å². The zero-order valence-corrected chi connectivity index (χ0v) is 11.3. The van der Waals surface area contributed by atoms with Crippen LogP contribution in [-0.2, 0) is 6.42 Å². The molecule has 0 spiro atoms. The average molecular weight is 283 g/mol. The highest BCUT2D eigenvalue weighted by Gasteiger charge is 2.25. The second-order valence-corrected chi connectivity index (χ2v) is 4.43. The Balaban J connectivity index is 2.54. The van der Waals surface area contributed by atoms with Crippen LogP contribution in [0.25, 0.3) is 0 Å². The third kappa shape index (κ3) is 2.72. The fourth-order valence-electron chi connectivity index (χ4n) is 2.30. The molecule has 2 rings (SSSR count). The number of hydrogen-bond acceptors (Lipinski definition) is 2. The lowest BCUT2D eigenvalue weighted by Crippen LogP contribution is -2.24. The zero-order valence-electron chi connectivity index (χ0n) is 11.3. The molecule has 0 aliphatic carbocycles. The van der Waals surface area contributed by atoms with Crippen LogP contribution < -0.4 is 5.32 Å². The van der Waals surface area contributed by atoms with Crippen molar-refractivity contribution >= 4 is 0 Å². The van der Waals surface area contributed by atoms with Crippen LogP contribution in [0.15, 0.2) is 28.9 Å². The summed E-state index contributed by atoms with van der Waals surface area (Å²) in [5.41, 5.74) is 0.475. The van der Waals surface area contributed by atoms with E-state index in [4.69, 9.17) is 4.42 Å². The largest absolute Gasteiger partial charge is 0.469 e. The minimum Gasteiger partial charge on any atom is -0.469 e. The molecule has 2 nitrogen and oxygen atoms in total. The van der Waals surface area contributed by atoms with Gasteiger partial charge in [0.25, 0.3) is 0 Å². The molecule has 1 N–H and O–H groups in total. The molecule has 0 amide bonds. The van der Waals surface area contributed by atoms with Crippen LogP contribution in [0.4, 0.5) is 13.2 Å². The normalized spacial score (nSPS) is 12.7. The van der Waals surface area contributed by atoms with Crippen molar-refractivity contribution in [3.8, 4) is 0 Å². The highest BCUT2D eigenvalue weighted by Crippen LogP contribution is 2.30. The standard InChI is InChI=1S/C15H16F3NO/c1-3-13-10(5-6-20-13)15(19-4-2)14-11(17)7-9(16)8-12(14)18/h5-8,15,19H,3-4H2,1-2H3. The van der Waals surface area contributed by atoms with Crippen molar-refractivity contribution in [2.75, 3.05) is 6.54 Å². The summed E-state index contributed by atoms with van der Waals surface area (Å²) in [7, 11) is 0. The Morgan fingerprint density at radius 2 is 1.80 bits per heavy atom. The lowest BCUT2D eigenvalue weighted by Gasteiger charge is -2.19. The monoisotopic (exact) mass is 283 g/mol. The molecule has 0 fully saturated rings. The maximum absolute atomic E-state index is 14.0. The predicted molar refractivity (Wildman–Crippen MR) is 69.9 cm³/mol. The predicted octanol–water partition coefficient (Wildman–Crippen LogP) is 3.96. The Hall–Kier alpha value is -1.75. The Morgan fingerprint density at radius 1 is 1.15 bits per heavy atom. The summed E-state index contributed by atoms with van der Waals surface area (Å²) in [6.07, 6.45) is 2.09. The van der Waals surface area contributed by atoms with E-state index in [0.717, 1.165) is 0 Å². The summed E-state index contributed by atoms with van der Waals surface area (Å²) in [6, 6.07) is 2.35. The topological polar surface area (TPSA) is 25.2 Å². The number of nitrogens with one attached hydrogen (secondary N) is 1. The van der Waals surface area contributed by atoms with Gasteiger partial charge in [0, 0.05) is 29.7 Å². The molecular formula is C15H16F3NO. The molecule has 0 saturated carbocycles. The lowest BCUT2D eigenvalue weighted by molar-refractivity contribution is 0.476. The minimum absolute atomic E-state index is 0.190. The molecule has 1 aromatic heterocycles. The van der Waals surface area contributed by atoms with E-state index < -0.39 is 23.5 Å². The van der Waals surface area contributed by atoms with Gasteiger partial charge in [-0.2, -0.15) is 0 Å². The second kappa shape index (κ2) is 6.13. The first-order chi connectivity index (χ1) is 9.58. The van der Waals surface area contributed by atoms with Crippen molar-refractivity contribution in [2.45, 2.75) is 26.3 Å². The molecule has 0 aliphatic rings. The highest BCUT2D eigenvalue weighted by molar-refractivity contribution is 5.35. The highest BCUT2D eigenvalue weighted by atomic mass is 19.1. The van der Waals surface area contributed by atoms with Gasteiger partial charge in [0.2, 0.25) is 0 Å². The third-order valence-corrected chi connectivity index (χ3v) is 3.15. The van der Waals surface area contributed by atoms with Crippen molar-refractivity contribution in [2.24, 2.45) is 0 Å². The van der Waals surface area contributed by atoms with Crippen LogP contribution in [0.3, 0.4) is 0 Å². The summed E-state index contributed by atoms with van der Waals surface area (Å²) in [5.74, 6) is -2.09. The van der Waals surface area contributed by atoms with E-state index in [1.54, 1.807) is 6.07 Å². The number of aryl methyl sites for hydroxylation is 1. The quantitative estimate of drug-likeness (QED) is 0.898. The SMILES string of the molecule is CCNC(c1ccoc1CC)c1c(F)cc(F)cc1F.